The van der Waals surface area contributed by atoms with E-state index in [4.69, 9.17) is 5.73 Å². The maximum Gasteiger partial charge on any atom is 0.0743 e. The van der Waals surface area contributed by atoms with E-state index in [1.165, 1.54) is 12.8 Å². The SMILES string of the molecule is CSC1(CNc2ccnc3cc(N)ccc23)CC1. The summed E-state index contributed by atoms with van der Waals surface area (Å²) < 4.78 is 0.462. The molecule has 0 saturated heterocycles. The number of hydrogen-bond acceptors (Lipinski definition) is 4. The number of nitrogens with one attached hydrogen (secondary N) is 1. The van der Waals surface area contributed by atoms with E-state index in [9.17, 15) is 0 Å². The molecule has 18 heavy (non-hydrogen) atoms. The lowest BCUT2D eigenvalue weighted by Crippen LogP contribution is -2.17. The number of nitrogens with zero attached hydrogens (tertiary/aromatic N) is 1. The van der Waals surface area contributed by atoms with Gasteiger partial charge in [0.25, 0.3) is 0 Å². The van der Waals surface area contributed by atoms with Gasteiger partial charge < -0.3 is 11.1 Å². The molecule has 0 atom stereocenters. The summed E-state index contributed by atoms with van der Waals surface area (Å²) in [6, 6.07) is 7.92. The monoisotopic (exact) mass is 259 g/mol. The van der Waals surface area contributed by atoms with Crippen LogP contribution in [0.1, 0.15) is 12.8 Å². The first-order valence-corrected chi connectivity index (χ1v) is 7.38. The van der Waals surface area contributed by atoms with Gasteiger partial charge in [0.15, 0.2) is 0 Å². The molecular weight excluding hydrogens is 242 g/mol. The van der Waals surface area contributed by atoms with Crippen LogP contribution in [0.4, 0.5) is 11.4 Å². The van der Waals surface area contributed by atoms with Crippen LogP contribution in [0.15, 0.2) is 30.5 Å². The van der Waals surface area contributed by atoms with Gasteiger partial charge in [-0.25, -0.2) is 0 Å². The number of aromatic nitrogens is 1. The molecule has 1 aromatic carbocycles. The number of nitrogen functional groups attached to an aromatic ring is 1. The summed E-state index contributed by atoms with van der Waals surface area (Å²) in [6.45, 7) is 1.03. The maximum atomic E-state index is 5.78. The minimum atomic E-state index is 0.462. The van der Waals surface area contributed by atoms with Crippen molar-refractivity contribution in [2.24, 2.45) is 0 Å². The molecule has 0 unspecified atom stereocenters. The third-order valence-electron chi connectivity index (χ3n) is 3.61. The van der Waals surface area contributed by atoms with Crippen LogP contribution in [0, 0.1) is 0 Å². The smallest absolute Gasteiger partial charge is 0.0743 e. The maximum absolute atomic E-state index is 5.78. The van der Waals surface area contributed by atoms with E-state index in [0.717, 1.165) is 28.8 Å². The van der Waals surface area contributed by atoms with Gasteiger partial charge >= 0.3 is 0 Å². The third kappa shape index (κ3) is 2.12. The Morgan fingerprint density at radius 3 is 2.94 bits per heavy atom. The predicted octanol–water partition coefficient (Wildman–Crippen LogP) is 3.12. The summed E-state index contributed by atoms with van der Waals surface area (Å²) in [4.78, 5) is 4.36. The number of fused-ring (bicyclic) bond motifs is 1. The van der Waals surface area contributed by atoms with Gasteiger partial charge in [-0.2, -0.15) is 11.8 Å². The number of benzene rings is 1. The molecule has 0 aliphatic heterocycles. The first kappa shape index (κ1) is 11.7. The van der Waals surface area contributed by atoms with Gasteiger partial charge in [-0.1, -0.05) is 0 Å². The van der Waals surface area contributed by atoms with Crippen LogP contribution in [0.2, 0.25) is 0 Å². The largest absolute Gasteiger partial charge is 0.399 e. The quantitative estimate of drug-likeness (QED) is 0.828. The van der Waals surface area contributed by atoms with Crippen molar-refractivity contribution in [2.75, 3.05) is 23.9 Å². The Balaban J connectivity index is 1.87. The lowest BCUT2D eigenvalue weighted by Gasteiger charge is -2.15. The highest BCUT2D eigenvalue weighted by molar-refractivity contribution is 8.00. The molecule has 3 rings (SSSR count). The van der Waals surface area contributed by atoms with Crippen molar-refractivity contribution in [2.45, 2.75) is 17.6 Å². The summed E-state index contributed by atoms with van der Waals surface area (Å²) >= 11 is 1.97. The molecule has 3 N–H and O–H groups in total. The van der Waals surface area contributed by atoms with Crippen LogP contribution in [-0.4, -0.2) is 22.5 Å². The summed E-state index contributed by atoms with van der Waals surface area (Å²) in [6.07, 6.45) is 6.66. The van der Waals surface area contributed by atoms with Crippen LogP contribution in [0.5, 0.6) is 0 Å². The van der Waals surface area contributed by atoms with Gasteiger partial charge in [0.2, 0.25) is 0 Å². The second-order valence-electron chi connectivity index (χ2n) is 4.88. The molecule has 0 amide bonds. The van der Waals surface area contributed by atoms with Gasteiger partial charge in [-0.05, 0) is 43.4 Å². The van der Waals surface area contributed by atoms with Gasteiger partial charge in [-0.15, -0.1) is 0 Å². The highest BCUT2D eigenvalue weighted by atomic mass is 32.2. The molecule has 2 aromatic rings. The van der Waals surface area contributed by atoms with Crippen LogP contribution in [0.3, 0.4) is 0 Å². The molecule has 94 valence electrons. The van der Waals surface area contributed by atoms with Gasteiger partial charge in [0.1, 0.15) is 0 Å². The summed E-state index contributed by atoms with van der Waals surface area (Å²) in [7, 11) is 0. The summed E-state index contributed by atoms with van der Waals surface area (Å²) in [5.41, 5.74) is 8.65. The lowest BCUT2D eigenvalue weighted by molar-refractivity contribution is 0.950. The van der Waals surface area contributed by atoms with Gasteiger partial charge in [0.05, 0.1) is 5.52 Å². The Morgan fingerprint density at radius 1 is 1.39 bits per heavy atom. The fourth-order valence-electron chi connectivity index (χ4n) is 2.17. The molecule has 1 aromatic heterocycles. The topological polar surface area (TPSA) is 50.9 Å². The Bertz CT molecular complexity index is 578. The number of rotatable bonds is 4. The molecular formula is C14H17N3S. The molecule has 1 heterocycles. The molecule has 1 aliphatic carbocycles. The van der Waals surface area contributed by atoms with Crippen molar-refractivity contribution in [1.82, 2.24) is 4.98 Å². The van der Waals surface area contributed by atoms with Crippen molar-refractivity contribution < 1.29 is 0 Å². The number of pyridine rings is 1. The van der Waals surface area contributed by atoms with E-state index < -0.39 is 0 Å². The standard InChI is InChI=1S/C14H17N3S/c1-18-14(5-6-14)9-17-12-4-7-16-13-8-10(15)2-3-11(12)13/h2-4,7-8H,5-6,9,15H2,1H3,(H,16,17). The molecule has 3 nitrogen and oxygen atoms in total. The van der Waals surface area contributed by atoms with E-state index in [2.05, 4.69) is 16.6 Å². The molecule has 0 bridgehead atoms. The zero-order valence-corrected chi connectivity index (χ0v) is 11.3. The van der Waals surface area contributed by atoms with E-state index in [1.807, 2.05) is 42.2 Å². The van der Waals surface area contributed by atoms with Crippen LogP contribution >= 0.6 is 11.8 Å². The third-order valence-corrected chi connectivity index (χ3v) is 5.03. The highest BCUT2D eigenvalue weighted by Crippen LogP contribution is 2.47. The minimum Gasteiger partial charge on any atom is -0.399 e. The average Bonchev–Trinajstić information content (AvgIpc) is 3.16. The lowest BCUT2D eigenvalue weighted by atomic mass is 10.1. The first-order chi connectivity index (χ1) is 8.72. The number of hydrogen-bond donors (Lipinski definition) is 2. The highest BCUT2D eigenvalue weighted by Gasteiger charge is 2.41. The number of thioether (sulfide) groups is 1. The second kappa shape index (κ2) is 4.35. The van der Waals surface area contributed by atoms with E-state index in [0.29, 0.717) is 4.75 Å². The fourth-order valence-corrected chi connectivity index (χ4v) is 2.89. The van der Waals surface area contributed by atoms with Gasteiger partial charge in [0, 0.05) is 34.2 Å². The molecule has 0 spiro atoms. The van der Waals surface area contributed by atoms with Crippen molar-refractivity contribution in [3.8, 4) is 0 Å². The van der Waals surface area contributed by atoms with E-state index >= 15 is 0 Å². The summed E-state index contributed by atoms with van der Waals surface area (Å²) in [5.74, 6) is 0. The Labute approximate surface area is 111 Å². The minimum absolute atomic E-state index is 0.462. The van der Waals surface area contributed by atoms with E-state index in [-0.39, 0.29) is 0 Å². The van der Waals surface area contributed by atoms with Crippen LogP contribution < -0.4 is 11.1 Å². The van der Waals surface area contributed by atoms with Crippen LogP contribution in [-0.2, 0) is 0 Å². The Hall–Kier alpha value is -1.42. The van der Waals surface area contributed by atoms with Gasteiger partial charge in [-0.3, -0.25) is 4.98 Å². The summed E-state index contributed by atoms with van der Waals surface area (Å²) in [5, 5.41) is 4.70. The normalized spacial score (nSPS) is 16.7. The number of nitrogens with two attached hydrogens (primary N) is 1. The zero-order valence-electron chi connectivity index (χ0n) is 10.4. The van der Waals surface area contributed by atoms with Crippen LogP contribution in [0.25, 0.3) is 10.9 Å². The Morgan fingerprint density at radius 2 is 2.22 bits per heavy atom. The van der Waals surface area contributed by atoms with E-state index in [1.54, 1.807) is 0 Å². The fraction of sp³-hybridized carbons (Fsp3) is 0.357. The van der Waals surface area contributed by atoms with Crippen molar-refractivity contribution in [3.05, 3.63) is 30.5 Å². The Kier molecular flexibility index (Phi) is 2.82. The van der Waals surface area contributed by atoms with Crippen molar-refractivity contribution >= 4 is 34.0 Å². The predicted molar refractivity (Wildman–Crippen MR) is 80.1 cm³/mol. The van der Waals surface area contributed by atoms with Crippen molar-refractivity contribution in [3.63, 3.8) is 0 Å². The molecule has 1 saturated carbocycles. The van der Waals surface area contributed by atoms with Crippen molar-refractivity contribution in [1.29, 1.82) is 0 Å². The number of anilines is 2. The molecule has 1 aliphatic rings. The molecule has 1 fully saturated rings. The first-order valence-electron chi connectivity index (χ1n) is 6.16. The molecule has 4 heteroatoms. The zero-order chi connectivity index (χ0) is 12.6. The second-order valence-corrected chi connectivity index (χ2v) is 6.15. The average molecular weight is 259 g/mol. The molecule has 0 radical (unpaired) electrons.